The first-order chi connectivity index (χ1) is 23.3. The van der Waals surface area contributed by atoms with Gasteiger partial charge in [-0.25, -0.2) is 0 Å². The van der Waals surface area contributed by atoms with Crippen molar-refractivity contribution >= 4 is 11.9 Å². The topological polar surface area (TPSA) is 233 Å². The van der Waals surface area contributed by atoms with E-state index in [1.807, 2.05) is 24.3 Å². The molecule has 0 radical (unpaired) electrons. The predicted octanol–water partition coefficient (Wildman–Crippen LogP) is -1.95. The minimum Gasteiger partial charge on any atom is -0.464 e. The molecule has 0 saturated carbocycles. The zero-order chi connectivity index (χ0) is 35.6. The van der Waals surface area contributed by atoms with Crippen LogP contribution in [0.1, 0.15) is 42.5 Å². The van der Waals surface area contributed by atoms with Crippen molar-refractivity contribution in [2.45, 2.75) is 93.1 Å². The van der Waals surface area contributed by atoms with Crippen LogP contribution in [0.15, 0.2) is 36.4 Å². The van der Waals surface area contributed by atoms with E-state index in [1.54, 1.807) is 12.1 Å². The molecule has 0 bridgehead atoms. The first-order valence-corrected chi connectivity index (χ1v) is 16.0. The van der Waals surface area contributed by atoms with Crippen LogP contribution in [0.3, 0.4) is 0 Å². The number of hydrogen-bond acceptors (Lipinski definition) is 14. The number of hydrogen-bond donors (Lipinski definition) is 8. The van der Waals surface area contributed by atoms with Crippen molar-refractivity contribution in [2.24, 2.45) is 0 Å². The summed E-state index contributed by atoms with van der Waals surface area (Å²) in [6.07, 6.45) is -12.7. The van der Waals surface area contributed by atoms with Crippen LogP contribution in [-0.2, 0) is 40.4 Å². The van der Waals surface area contributed by atoms with Gasteiger partial charge in [-0.2, -0.15) is 0 Å². The molecule has 266 valence electrons. The summed E-state index contributed by atoms with van der Waals surface area (Å²) in [5, 5.41) is 80.7. The van der Waals surface area contributed by atoms with E-state index in [0.717, 1.165) is 16.7 Å². The Morgan fingerprint density at radius 1 is 0.714 bits per heavy atom. The second-order valence-corrected chi connectivity index (χ2v) is 12.7. The molecule has 0 aromatic heterocycles. The number of carbonyl (C=O) groups is 2. The quantitative estimate of drug-likeness (QED) is 0.106. The minimum atomic E-state index is -1.59. The molecule has 2 saturated heterocycles. The highest BCUT2D eigenvalue weighted by atomic mass is 16.6. The average molecular weight is 687 g/mol. The highest BCUT2D eigenvalue weighted by molar-refractivity contribution is 5.83. The van der Waals surface area contributed by atoms with Crippen LogP contribution in [-0.4, -0.2) is 140 Å². The molecule has 3 aliphatic rings. The molecular formula is C35H42O14. The molecule has 2 aromatic carbocycles. The number of aryl methyl sites for hydroxylation is 1. The fourth-order valence-electron chi connectivity index (χ4n) is 6.68. The molecule has 2 aromatic rings. The van der Waals surface area contributed by atoms with Crippen LogP contribution in [0.4, 0.5) is 0 Å². The number of aliphatic hydroxyl groups is 8. The lowest BCUT2D eigenvalue weighted by Crippen LogP contribution is -2.58. The fourth-order valence-corrected chi connectivity index (χ4v) is 6.68. The zero-order valence-electron chi connectivity index (χ0n) is 27.0. The summed E-state index contributed by atoms with van der Waals surface area (Å²) in [4.78, 5) is 24.2. The molecule has 2 aliphatic heterocycles. The van der Waals surface area contributed by atoms with Gasteiger partial charge in [0, 0.05) is 19.4 Å². The van der Waals surface area contributed by atoms with Gasteiger partial charge in [0.25, 0.3) is 0 Å². The van der Waals surface area contributed by atoms with Crippen LogP contribution < -0.4 is 0 Å². The zero-order valence-corrected chi connectivity index (χ0v) is 27.0. The van der Waals surface area contributed by atoms with Crippen molar-refractivity contribution in [3.8, 4) is 23.0 Å². The van der Waals surface area contributed by atoms with Gasteiger partial charge in [0.1, 0.15) is 68.1 Å². The lowest BCUT2D eigenvalue weighted by Gasteiger charge is -2.40. The van der Waals surface area contributed by atoms with E-state index < -0.39 is 91.6 Å². The Hall–Kier alpha value is -3.46. The molecular weight excluding hydrogens is 644 g/mol. The van der Waals surface area contributed by atoms with Crippen molar-refractivity contribution in [1.82, 2.24) is 0 Å². The Morgan fingerprint density at radius 3 is 1.84 bits per heavy atom. The molecule has 14 heteroatoms. The van der Waals surface area contributed by atoms with Crippen LogP contribution in [0.2, 0.25) is 0 Å². The molecule has 0 amide bonds. The van der Waals surface area contributed by atoms with E-state index in [0.29, 0.717) is 23.1 Å². The number of ether oxygens (including phenoxy) is 4. The molecule has 14 nitrogen and oxygen atoms in total. The van der Waals surface area contributed by atoms with E-state index in [-0.39, 0.29) is 19.6 Å². The summed E-state index contributed by atoms with van der Waals surface area (Å²) in [7, 11) is 0. The normalized spacial score (nSPS) is 31.6. The molecule has 1 aliphatic carbocycles. The van der Waals surface area contributed by atoms with Crippen molar-refractivity contribution in [1.29, 1.82) is 0 Å². The van der Waals surface area contributed by atoms with Gasteiger partial charge in [0.15, 0.2) is 0 Å². The van der Waals surface area contributed by atoms with E-state index in [4.69, 9.17) is 18.9 Å². The Morgan fingerprint density at radius 2 is 1.24 bits per heavy atom. The summed E-state index contributed by atoms with van der Waals surface area (Å²) >= 11 is 0. The molecule has 10 atom stereocenters. The number of rotatable bonds is 9. The third-order valence-corrected chi connectivity index (χ3v) is 9.43. The van der Waals surface area contributed by atoms with Gasteiger partial charge >= 0.3 is 11.9 Å². The summed E-state index contributed by atoms with van der Waals surface area (Å²) in [5.41, 5.74) is 2.91. The number of carbonyl (C=O) groups excluding carboxylic acids is 2. The summed E-state index contributed by atoms with van der Waals surface area (Å²) in [6, 6.07) is 10.9. The average Bonchev–Trinajstić information content (AvgIpc) is 3.35. The van der Waals surface area contributed by atoms with E-state index in [9.17, 15) is 50.4 Å². The van der Waals surface area contributed by atoms with Gasteiger partial charge in [-0.1, -0.05) is 36.1 Å². The van der Waals surface area contributed by atoms with Gasteiger partial charge in [0.2, 0.25) is 0 Å². The summed E-state index contributed by atoms with van der Waals surface area (Å²) in [6.45, 7) is 0.984. The van der Waals surface area contributed by atoms with Gasteiger partial charge < -0.3 is 59.8 Å². The maximum Gasteiger partial charge on any atom is 0.302 e. The van der Waals surface area contributed by atoms with Gasteiger partial charge in [0.05, 0.1) is 24.7 Å². The lowest BCUT2D eigenvalue weighted by atomic mass is 9.78. The van der Waals surface area contributed by atoms with Gasteiger partial charge in [-0.05, 0) is 52.8 Å². The number of aliphatic hydroxyl groups excluding tert-OH is 8. The molecule has 49 heavy (non-hydrogen) atoms. The first-order valence-electron chi connectivity index (χ1n) is 16.0. The van der Waals surface area contributed by atoms with E-state index in [1.165, 1.54) is 13.8 Å². The summed E-state index contributed by atoms with van der Waals surface area (Å²) in [5.74, 6) is 4.56. The molecule has 2 fully saturated rings. The second-order valence-electron chi connectivity index (χ2n) is 12.7. The SMILES string of the molecule is CC(=O)OCC1(COC(C)=O)c2cc(C#C[C@H]3O[C@H](CO)[C@@H](O)[C@H](O)[C@@H]3O)ccc2-c2ccc(CC[C@H]3O[C@H](CO)[C@@H](O)[C@H](O)[C@@H]3O)cc21. The number of benzene rings is 2. The first kappa shape index (κ1) is 36.8. The van der Waals surface area contributed by atoms with Crippen molar-refractivity contribution in [3.63, 3.8) is 0 Å². The molecule has 0 spiro atoms. The largest absolute Gasteiger partial charge is 0.464 e. The maximum atomic E-state index is 12.1. The van der Waals surface area contributed by atoms with E-state index in [2.05, 4.69) is 11.8 Å². The maximum absolute atomic E-state index is 12.1. The monoisotopic (exact) mass is 686 g/mol. The van der Waals surface area contributed by atoms with Gasteiger partial charge in [-0.3, -0.25) is 9.59 Å². The van der Waals surface area contributed by atoms with Crippen LogP contribution in [0.25, 0.3) is 11.1 Å². The highest BCUT2D eigenvalue weighted by Crippen LogP contribution is 2.50. The standard InChI is InChI=1S/C35H42O14/c1-17(38)46-15-35(16-47-18(2)39)23-11-19(5-9-25-29(40)33(44)31(42)27(13-36)48-25)3-7-21(23)22-8-4-20(12-24(22)35)6-10-26-30(41)34(45)32(43)28(14-37)49-26/h3-4,7-8,11-12,25-34,36-37,40-45H,5,9,13-16H2,1-2H3/t25-,26-,27-,28-,29-,30-,31-,32-,33-,34-/m1/s1. The Kier molecular flexibility index (Phi) is 11.4. The Labute approximate surface area is 282 Å². The van der Waals surface area contributed by atoms with Crippen LogP contribution in [0.5, 0.6) is 0 Å². The number of fused-ring (bicyclic) bond motifs is 3. The van der Waals surface area contributed by atoms with E-state index >= 15 is 0 Å². The summed E-state index contributed by atoms with van der Waals surface area (Å²) < 4.78 is 22.3. The van der Waals surface area contributed by atoms with Crippen molar-refractivity contribution in [3.05, 3.63) is 58.7 Å². The molecule has 8 N–H and O–H groups in total. The third-order valence-electron chi connectivity index (χ3n) is 9.43. The second kappa shape index (κ2) is 15.2. The molecule has 5 rings (SSSR count). The van der Waals surface area contributed by atoms with Crippen LogP contribution >= 0.6 is 0 Å². The molecule has 2 heterocycles. The molecule has 0 unspecified atom stereocenters. The number of esters is 2. The smallest absolute Gasteiger partial charge is 0.302 e. The highest BCUT2D eigenvalue weighted by Gasteiger charge is 2.47. The Balaban J connectivity index is 1.50. The van der Waals surface area contributed by atoms with Crippen molar-refractivity contribution in [2.75, 3.05) is 26.4 Å². The van der Waals surface area contributed by atoms with Gasteiger partial charge in [-0.15, -0.1) is 0 Å². The predicted molar refractivity (Wildman–Crippen MR) is 169 cm³/mol. The third kappa shape index (κ3) is 7.38. The lowest BCUT2D eigenvalue weighted by molar-refractivity contribution is -0.230. The minimum absolute atomic E-state index is 0.199. The van der Waals surface area contributed by atoms with Crippen molar-refractivity contribution < 1.29 is 69.4 Å². The Bertz CT molecular complexity index is 1560. The fraction of sp³-hybridized carbons (Fsp3) is 0.543. The van der Waals surface area contributed by atoms with Crippen LogP contribution in [0, 0.1) is 11.8 Å².